The third-order valence-electron chi connectivity index (χ3n) is 4.93. The normalized spacial score (nSPS) is 15.3. The smallest absolute Gasteiger partial charge is 0.173 e. The molecule has 0 radical (unpaired) electrons. The maximum absolute atomic E-state index is 6.27. The number of hydrogen-bond donors (Lipinski definition) is 1. The van der Waals surface area contributed by atoms with E-state index in [9.17, 15) is 0 Å². The summed E-state index contributed by atoms with van der Waals surface area (Å²) < 4.78 is 5.54. The highest BCUT2D eigenvalue weighted by atomic mass is 35.5. The van der Waals surface area contributed by atoms with E-state index in [0.717, 1.165) is 31.0 Å². The summed E-state index contributed by atoms with van der Waals surface area (Å²) in [5.74, 6) is 0.910. The maximum Gasteiger partial charge on any atom is 0.173 e. The monoisotopic (exact) mass is 405 g/mol. The molecule has 2 heterocycles. The second kappa shape index (κ2) is 10.7. The average Bonchev–Trinajstić information content (AvgIpc) is 3.04. The lowest BCUT2D eigenvalue weighted by molar-refractivity contribution is 0.262. The molecule has 6 heteroatoms. The number of halogens is 1. The first kappa shape index (κ1) is 20.2. The summed E-state index contributed by atoms with van der Waals surface area (Å²) in [7, 11) is 0. The van der Waals surface area contributed by atoms with Gasteiger partial charge < -0.3 is 19.5 Å². The fourth-order valence-electron chi connectivity index (χ4n) is 3.44. The first-order chi connectivity index (χ1) is 13.2. The Morgan fingerprint density at radius 2 is 1.89 bits per heavy atom. The van der Waals surface area contributed by atoms with Crippen molar-refractivity contribution >= 4 is 34.6 Å². The van der Waals surface area contributed by atoms with Crippen molar-refractivity contribution < 1.29 is 4.42 Å². The summed E-state index contributed by atoms with van der Waals surface area (Å²) in [5, 5.41) is 4.64. The molecule has 0 aliphatic carbocycles. The van der Waals surface area contributed by atoms with E-state index < -0.39 is 0 Å². The van der Waals surface area contributed by atoms with E-state index in [1.807, 2.05) is 36.4 Å². The van der Waals surface area contributed by atoms with Gasteiger partial charge >= 0.3 is 0 Å². The summed E-state index contributed by atoms with van der Waals surface area (Å²) >= 11 is 12.0. The molecule has 1 aromatic heterocycles. The van der Waals surface area contributed by atoms with Gasteiger partial charge in [-0.05, 0) is 75.4 Å². The largest absolute Gasteiger partial charge is 0.467 e. The quantitative estimate of drug-likeness (QED) is 0.623. The number of anilines is 1. The van der Waals surface area contributed by atoms with Crippen molar-refractivity contribution in [1.82, 2.24) is 9.80 Å². The van der Waals surface area contributed by atoms with Crippen molar-refractivity contribution in [2.24, 2.45) is 0 Å². The number of para-hydroxylation sites is 1. The summed E-state index contributed by atoms with van der Waals surface area (Å²) in [5.41, 5.74) is 0.834. The highest BCUT2D eigenvalue weighted by Crippen LogP contribution is 2.21. The van der Waals surface area contributed by atoms with Crippen molar-refractivity contribution in [3.63, 3.8) is 0 Å². The Bertz CT molecular complexity index is 699. The Labute approximate surface area is 172 Å². The summed E-state index contributed by atoms with van der Waals surface area (Å²) in [6, 6.07) is 11.6. The molecular formula is C21H28ClN3OS. The van der Waals surface area contributed by atoms with Crippen LogP contribution in [-0.2, 0) is 6.54 Å². The third kappa shape index (κ3) is 6.52. The van der Waals surface area contributed by atoms with Crippen molar-refractivity contribution in [2.45, 2.75) is 38.6 Å². The minimum Gasteiger partial charge on any atom is -0.467 e. The SMILES string of the molecule is S=C(Nc1ccccc1Cl)N(CCCN1CCCCCC1)Cc1ccco1. The molecule has 1 fully saturated rings. The van der Waals surface area contributed by atoms with E-state index in [1.54, 1.807) is 6.26 Å². The molecule has 0 saturated carbocycles. The lowest BCUT2D eigenvalue weighted by atomic mass is 10.2. The number of furan rings is 1. The van der Waals surface area contributed by atoms with Crippen molar-refractivity contribution in [3.05, 3.63) is 53.4 Å². The van der Waals surface area contributed by atoms with E-state index in [4.69, 9.17) is 28.2 Å². The van der Waals surface area contributed by atoms with Crippen LogP contribution in [0.2, 0.25) is 5.02 Å². The number of benzene rings is 1. The van der Waals surface area contributed by atoms with Crippen molar-refractivity contribution in [3.8, 4) is 0 Å². The first-order valence-electron chi connectivity index (χ1n) is 9.77. The zero-order chi connectivity index (χ0) is 18.9. The van der Waals surface area contributed by atoms with Gasteiger partial charge in [-0.15, -0.1) is 0 Å². The van der Waals surface area contributed by atoms with E-state index in [1.165, 1.54) is 38.8 Å². The maximum atomic E-state index is 6.27. The fraction of sp³-hybridized carbons (Fsp3) is 0.476. The van der Waals surface area contributed by atoms with Crippen LogP contribution in [0.5, 0.6) is 0 Å². The molecule has 3 rings (SSSR count). The van der Waals surface area contributed by atoms with Crippen LogP contribution in [0.25, 0.3) is 0 Å². The minimum absolute atomic E-state index is 0.656. The van der Waals surface area contributed by atoms with Crippen LogP contribution in [-0.4, -0.2) is 41.1 Å². The number of thiocarbonyl (C=S) groups is 1. The number of rotatable bonds is 7. The second-order valence-electron chi connectivity index (χ2n) is 7.02. The van der Waals surface area contributed by atoms with Crippen LogP contribution in [0.1, 0.15) is 37.9 Å². The highest BCUT2D eigenvalue weighted by Gasteiger charge is 2.15. The molecule has 0 bridgehead atoms. The van der Waals surface area contributed by atoms with E-state index in [-0.39, 0.29) is 0 Å². The molecule has 0 amide bonds. The first-order valence-corrected chi connectivity index (χ1v) is 10.6. The molecule has 1 aliphatic heterocycles. The second-order valence-corrected chi connectivity index (χ2v) is 7.81. The van der Waals surface area contributed by atoms with Crippen LogP contribution < -0.4 is 5.32 Å². The Morgan fingerprint density at radius 1 is 1.11 bits per heavy atom. The third-order valence-corrected chi connectivity index (χ3v) is 5.62. The van der Waals surface area contributed by atoms with Gasteiger partial charge in [-0.1, -0.05) is 36.6 Å². The van der Waals surface area contributed by atoms with Gasteiger partial charge in [-0.2, -0.15) is 0 Å². The van der Waals surface area contributed by atoms with Gasteiger partial charge in [0, 0.05) is 6.54 Å². The van der Waals surface area contributed by atoms with Gasteiger partial charge in [-0.25, -0.2) is 0 Å². The van der Waals surface area contributed by atoms with E-state index in [2.05, 4.69) is 15.1 Å². The van der Waals surface area contributed by atoms with Gasteiger partial charge in [0.05, 0.1) is 23.5 Å². The molecular weight excluding hydrogens is 378 g/mol. The Morgan fingerprint density at radius 3 is 2.59 bits per heavy atom. The summed E-state index contributed by atoms with van der Waals surface area (Å²) in [6.45, 7) is 5.10. The van der Waals surface area contributed by atoms with Crippen LogP contribution in [0, 0.1) is 0 Å². The highest BCUT2D eigenvalue weighted by molar-refractivity contribution is 7.80. The number of nitrogens with zero attached hydrogens (tertiary/aromatic N) is 2. The van der Waals surface area contributed by atoms with E-state index in [0.29, 0.717) is 16.7 Å². The molecule has 1 N–H and O–H groups in total. The van der Waals surface area contributed by atoms with Crippen molar-refractivity contribution in [1.29, 1.82) is 0 Å². The van der Waals surface area contributed by atoms with Gasteiger partial charge in [0.25, 0.3) is 0 Å². The molecule has 4 nitrogen and oxygen atoms in total. The molecule has 1 aliphatic rings. The van der Waals surface area contributed by atoms with Gasteiger partial charge in [-0.3, -0.25) is 0 Å². The lowest BCUT2D eigenvalue weighted by Gasteiger charge is -2.27. The molecule has 2 aromatic rings. The van der Waals surface area contributed by atoms with Gasteiger partial charge in [0.15, 0.2) is 5.11 Å². The zero-order valence-electron chi connectivity index (χ0n) is 15.7. The molecule has 0 spiro atoms. The molecule has 146 valence electrons. The molecule has 0 unspecified atom stereocenters. The Kier molecular flexibility index (Phi) is 7.99. The van der Waals surface area contributed by atoms with Crippen molar-refractivity contribution in [2.75, 3.05) is 31.5 Å². The Hall–Kier alpha value is -1.56. The predicted molar refractivity (Wildman–Crippen MR) is 116 cm³/mol. The number of likely N-dealkylation sites (tertiary alicyclic amines) is 1. The fourth-order valence-corrected chi connectivity index (χ4v) is 3.89. The molecule has 0 atom stereocenters. The zero-order valence-corrected chi connectivity index (χ0v) is 17.3. The summed E-state index contributed by atoms with van der Waals surface area (Å²) in [6.07, 6.45) is 8.16. The standard InChI is InChI=1S/C21H28ClN3OS/c22-19-10-3-4-11-20(19)23-21(27)25(17-18-9-7-16-26-18)15-8-14-24-12-5-1-2-6-13-24/h3-4,7,9-11,16H,1-2,5-6,8,12-15,17H2,(H,23,27). The average molecular weight is 406 g/mol. The van der Waals surface area contributed by atoms with Gasteiger partial charge in [0.2, 0.25) is 0 Å². The van der Waals surface area contributed by atoms with E-state index >= 15 is 0 Å². The number of hydrogen-bond acceptors (Lipinski definition) is 3. The number of nitrogens with one attached hydrogen (secondary N) is 1. The Balaban J connectivity index is 1.58. The van der Waals surface area contributed by atoms with Crippen LogP contribution in [0.15, 0.2) is 47.1 Å². The van der Waals surface area contributed by atoms with Crippen LogP contribution in [0.3, 0.4) is 0 Å². The molecule has 1 aromatic carbocycles. The topological polar surface area (TPSA) is 31.6 Å². The van der Waals surface area contributed by atoms with Gasteiger partial charge in [0.1, 0.15) is 5.76 Å². The van der Waals surface area contributed by atoms with Crippen LogP contribution in [0.4, 0.5) is 5.69 Å². The minimum atomic E-state index is 0.656. The summed E-state index contributed by atoms with van der Waals surface area (Å²) in [4.78, 5) is 4.75. The predicted octanol–water partition coefficient (Wildman–Crippen LogP) is 5.40. The molecule has 1 saturated heterocycles. The van der Waals surface area contributed by atoms with Crippen LogP contribution >= 0.6 is 23.8 Å². The lowest BCUT2D eigenvalue weighted by Crippen LogP contribution is -2.37. The molecule has 27 heavy (non-hydrogen) atoms.